The molecule has 9 heteroatoms. The second-order valence-electron chi connectivity index (χ2n) is 4.38. The largest absolute Gasteiger partial charge is 0.462 e. The summed E-state index contributed by atoms with van der Waals surface area (Å²) in [7, 11) is 0. The van der Waals surface area contributed by atoms with Crippen LogP contribution in [-0.2, 0) is 9.53 Å². The average molecular weight is 340 g/mol. The molecule has 1 aromatic carbocycles. The molecule has 0 saturated heterocycles. The minimum absolute atomic E-state index is 0.0479. The van der Waals surface area contributed by atoms with Crippen molar-refractivity contribution in [2.75, 3.05) is 11.9 Å². The molecule has 0 aliphatic heterocycles. The SMILES string of the molecule is CCOC(=O)/C(=C\Nc1ccon1)C(=O)c1cc(F)c(F)cc1F. The molecule has 0 saturated carbocycles. The number of rotatable bonds is 6. The second-order valence-corrected chi connectivity index (χ2v) is 4.38. The Kier molecular flexibility index (Phi) is 5.35. The average Bonchev–Trinajstić information content (AvgIpc) is 3.04. The third-order valence-corrected chi connectivity index (χ3v) is 2.80. The van der Waals surface area contributed by atoms with Crippen LogP contribution >= 0.6 is 0 Å². The number of nitrogens with one attached hydrogen (secondary N) is 1. The fraction of sp³-hybridized carbons (Fsp3) is 0.133. The summed E-state index contributed by atoms with van der Waals surface area (Å²) in [4.78, 5) is 24.2. The zero-order chi connectivity index (χ0) is 17.7. The first-order chi connectivity index (χ1) is 11.4. The molecule has 24 heavy (non-hydrogen) atoms. The van der Waals surface area contributed by atoms with Crippen molar-refractivity contribution in [2.24, 2.45) is 0 Å². The summed E-state index contributed by atoms with van der Waals surface area (Å²) in [5.41, 5.74) is -1.43. The maximum atomic E-state index is 13.7. The Bertz CT molecular complexity index is 788. The summed E-state index contributed by atoms with van der Waals surface area (Å²) in [6.45, 7) is 1.46. The lowest BCUT2D eigenvalue weighted by Crippen LogP contribution is -2.19. The number of aromatic nitrogens is 1. The van der Waals surface area contributed by atoms with E-state index in [1.54, 1.807) is 0 Å². The molecule has 2 rings (SSSR count). The molecule has 6 nitrogen and oxygen atoms in total. The van der Waals surface area contributed by atoms with Crippen molar-refractivity contribution in [1.82, 2.24) is 5.16 Å². The predicted molar refractivity (Wildman–Crippen MR) is 75.5 cm³/mol. The van der Waals surface area contributed by atoms with Gasteiger partial charge >= 0.3 is 5.97 Å². The second kappa shape index (κ2) is 7.44. The van der Waals surface area contributed by atoms with Gasteiger partial charge in [-0.2, -0.15) is 0 Å². The number of hydrogen-bond acceptors (Lipinski definition) is 6. The minimum atomic E-state index is -1.45. The van der Waals surface area contributed by atoms with Crippen molar-refractivity contribution >= 4 is 17.6 Å². The van der Waals surface area contributed by atoms with Gasteiger partial charge in [0.1, 0.15) is 17.7 Å². The molecule has 0 aliphatic rings. The molecule has 2 aromatic rings. The van der Waals surface area contributed by atoms with Crippen LogP contribution in [0.4, 0.5) is 19.0 Å². The van der Waals surface area contributed by atoms with E-state index >= 15 is 0 Å². The highest BCUT2D eigenvalue weighted by molar-refractivity contribution is 6.24. The number of esters is 1. The van der Waals surface area contributed by atoms with Crippen LogP contribution in [0.5, 0.6) is 0 Å². The quantitative estimate of drug-likeness (QED) is 0.217. The number of Topliss-reactive ketones (excluding diaryl/α,β-unsaturated/α-hetero) is 1. The number of nitrogens with zero attached hydrogens (tertiary/aromatic N) is 1. The van der Waals surface area contributed by atoms with Gasteiger partial charge in [-0.15, -0.1) is 0 Å². The Morgan fingerprint density at radius 2 is 1.96 bits per heavy atom. The number of carbonyl (C=O) groups excluding carboxylic acids is 2. The molecule has 0 spiro atoms. The molecule has 0 radical (unpaired) electrons. The Hall–Kier alpha value is -3.10. The van der Waals surface area contributed by atoms with E-state index in [0.29, 0.717) is 6.07 Å². The van der Waals surface area contributed by atoms with Gasteiger partial charge in [0, 0.05) is 18.3 Å². The predicted octanol–water partition coefficient (Wildman–Crippen LogP) is 2.83. The van der Waals surface area contributed by atoms with Gasteiger partial charge in [0.2, 0.25) is 5.78 Å². The molecule has 0 aliphatic carbocycles. The molecule has 1 aromatic heterocycles. The third-order valence-electron chi connectivity index (χ3n) is 2.80. The first-order valence-electron chi connectivity index (χ1n) is 6.67. The summed E-state index contributed by atoms with van der Waals surface area (Å²) in [5.74, 6) is -6.27. The van der Waals surface area contributed by atoms with Gasteiger partial charge in [-0.05, 0) is 13.0 Å². The van der Waals surface area contributed by atoms with Crippen LogP contribution in [0.15, 0.2) is 40.8 Å². The molecule has 1 heterocycles. The normalized spacial score (nSPS) is 11.2. The van der Waals surface area contributed by atoms with Crippen molar-refractivity contribution in [3.8, 4) is 0 Å². The Morgan fingerprint density at radius 3 is 2.58 bits per heavy atom. The summed E-state index contributed by atoms with van der Waals surface area (Å²) < 4.78 is 49.3. The highest BCUT2D eigenvalue weighted by Gasteiger charge is 2.25. The number of carbonyl (C=O) groups is 2. The fourth-order valence-corrected chi connectivity index (χ4v) is 1.70. The first-order valence-corrected chi connectivity index (χ1v) is 6.67. The molecule has 0 atom stereocenters. The van der Waals surface area contributed by atoms with Crippen molar-refractivity contribution in [3.63, 3.8) is 0 Å². The van der Waals surface area contributed by atoms with Crippen LogP contribution < -0.4 is 5.32 Å². The lowest BCUT2D eigenvalue weighted by molar-refractivity contribution is -0.138. The standard InChI is InChI=1S/C15H11F3N2O4/c1-2-23-15(22)9(7-19-13-3-4-24-20-13)14(21)8-5-11(17)12(18)6-10(8)16/h3-7H,2H2,1H3,(H,19,20)/b9-7-. The van der Waals surface area contributed by atoms with Crippen LogP contribution in [-0.4, -0.2) is 23.5 Å². The number of halogens is 3. The lowest BCUT2D eigenvalue weighted by atomic mass is 10.0. The van der Waals surface area contributed by atoms with Crippen LogP contribution in [0, 0.1) is 17.5 Å². The molecule has 1 N–H and O–H groups in total. The van der Waals surface area contributed by atoms with Crippen molar-refractivity contribution in [2.45, 2.75) is 6.92 Å². The van der Waals surface area contributed by atoms with E-state index in [1.165, 1.54) is 19.3 Å². The summed E-state index contributed by atoms with van der Waals surface area (Å²) >= 11 is 0. The van der Waals surface area contributed by atoms with Crippen LogP contribution in [0.1, 0.15) is 17.3 Å². The highest BCUT2D eigenvalue weighted by Crippen LogP contribution is 2.18. The molecular weight excluding hydrogens is 329 g/mol. The van der Waals surface area contributed by atoms with Crippen LogP contribution in [0.3, 0.4) is 0 Å². The van der Waals surface area contributed by atoms with E-state index in [-0.39, 0.29) is 18.5 Å². The first kappa shape index (κ1) is 17.3. The fourth-order valence-electron chi connectivity index (χ4n) is 1.70. The Morgan fingerprint density at radius 1 is 1.25 bits per heavy atom. The smallest absolute Gasteiger partial charge is 0.343 e. The van der Waals surface area contributed by atoms with Gasteiger partial charge in [0.15, 0.2) is 17.5 Å². The van der Waals surface area contributed by atoms with Gasteiger partial charge in [-0.25, -0.2) is 18.0 Å². The van der Waals surface area contributed by atoms with Crippen LogP contribution in [0.2, 0.25) is 0 Å². The van der Waals surface area contributed by atoms with Gasteiger partial charge in [-0.1, -0.05) is 5.16 Å². The number of anilines is 1. The van der Waals surface area contributed by atoms with Crippen molar-refractivity contribution in [3.05, 3.63) is 59.3 Å². The number of ketones is 1. The zero-order valence-electron chi connectivity index (χ0n) is 12.3. The summed E-state index contributed by atoms with van der Waals surface area (Å²) in [6, 6.07) is 1.98. The van der Waals surface area contributed by atoms with Gasteiger partial charge in [0.25, 0.3) is 0 Å². The molecular formula is C15H11F3N2O4. The van der Waals surface area contributed by atoms with E-state index in [4.69, 9.17) is 4.74 Å². The third kappa shape index (κ3) is 3.80. The number of benzene rings is 1. The van der Waals surface area contributed by atoms with E-state index in [0.717, 1.165) is 6.20 Å². The number of hydrogen-bond donors (Lipinski definition) is 1. The maximum Gasteiger partial charge on any atom is 0.343 e. The van der Waals surface area contributed by atoms with Crippen molar-refractivity contribution in [1.29, 1.82) is 0 Å². The summed E-state index contributed by atoms with van der Waals surface area (Å²) in [5, 5.41) is 5.97. The van der Waals surface area contributed by atoms with E-state index in [1.807, 2.05) is 0 Å². The lowest BCUT2D eigenvalue weighted by Gasteiger charge is -2.08. The molecule has 0 amide bonds. The van der Waals surface area contributed by atoms with E-state index in [9.17, 15) is 22.8 Å². The topological polar surface area (TPSA) is 81.4 Å². The van der Waals surface area contributed by atoms with E-state index in [2.05, 4.69) is 15.0 Å². The molecule has 0 bridgehead atoms. The minimum Gasteiger partial charge on any atom is -0.462 e. The van der Waals surface area contributed by atoms with Gasteiger partial charge in [-0.3, -0.25) is 4.79 Å². The summed E-state index contributed by atoms with van der Waals surface area (Å²) in [6.07, 6.45) is 2.15. The highest BCUT2D eigenvalue weighted by atomic mass is 19.2. The van der Waals surface area contributed by atoms with E-state index < -0.39 is 40.3 Å². The maximum absolute atomic E-state index is 13.7. The van der Waals surface area contributed by atoms with Crippen LogP contribution in [0.25, 0.3) is 0 Å². The van der Waals surface area contributed by atoms with Gasteiger partial charge in [0.05, 0.1) is 12.2 Å². The Labute approximate surface area is 133 Å². The Balaban J connectivity index is 2.39. The van der Waals surface area contributed by atoms with Gasteiger partial charge < -0.3 is 14.6 Å². The molecule has 0 unspecified atom stereocenters. The monoisotopic (exact) mass is 340 g/mol. The molecule has 0 fully saturated rings. The van der Waals surface area contributed by atoms with Crippen molar-refractivity contribution < 1.29 is 32.0 Å². The zero-order valence-corrected chi connectivity index (χ0v) is 12.3. The number of ether oxygens (including phenoxy) is 1. The molecule has 126 valence electrons.